The molecule has 1 saturated carbocycles. The molecule has 0 radical (unpaired) electrons. The first kappa shape index (κ1) is 15.9. The van der Waals surface area contributed by atoms with Gasteiger partial charge in [-0.05, 0) is 28.8 Å². The van der Waals surface area contributed by atoms with Crippen LogP contribution < -0.4 is 4.74 Å². The van der Waals surface area contributed by atoms with Gasteiger partial charge in [0.25, 0.3) is 0 Å². The van der Waals surface area contributed by atoms with Crippen LogP contribution in [0.3, 0.4) is 0 Å². The van der Waals surface area contributed by atoms with Crippen LogP contribution in [0.15, 0.2) is 16.6 Å². The number of halogens is 2. The minimum Gasteiger partial charge on any atom is -0.482 e. The van der Waals surface area contributed by atoms with Crippen molar-refractivity contribution < 1.29 is 18.8 Å². The van der Waals surface area contributed by atoms with Crippen molar-refractivity contribution in [2.45, 2.75) is 39.2 Å². The Kier molecular flexibility index (Phi) is 4.32. The van der Waals surface area contributed by atoms with Crippen molar-refractivity contribution >= 4 is 27.4 Å². The lowest BCUT2D eigenvalue weighted by molar-refractivity contribution is -0.386. The van der Waals surface area contributed by atoms with Gasteiger partial charge < -0.3 is 4.74 Å². The molecular formula is C14H15BrFNO4. The maximum atomic E-state index is 13.6. The van der Waals surface area contributed by atoms with E-state index in [0.717, 1.165) is 12.1 Å². The molecule has 0 bridgehead atoms. The quantitative estimate of drug-likeness (QED) is 0.587. The summed E-state index contributed by atoms with van der Waals surface area (Å²) in [5.41, 5.74) is -0.930. The minimum atomic E-state index is -0.639. The van der Waals surface area contributed by atoms with Gasteiger partial charge in [-0.15, -0.1) is 0 Å². The zero-order valence-corrected chi connectivity index (χ0v) is 13.3. The van der Waals surface area contributed by atoms with Gasteiger partial charge in [0.2, 0.25) is 0 Å². The summed E-state index contributed by atoms with van der Waals surface area (Å²) in [7, 11) is 0. The molecule has 1 fully saturated rings. The van der Waals surface area contributed by atoms with Crippen LogP contribution in [0.4, 0.5) is 10.1 Å². The zero-order chi connectivity index (χ0) is 15.8. The lowest BCUT2D eigenvalue weighted by Gasteiger charge is -2.46. The first-order valence-corrected chi connectivity index (χ1v) is 7.48. The van der Waals surface area contributed by atoms with Crippen LogP contribution >= 0.6 is 15.9 Å². The second-order valence-electron chi connectivity index (χ2n) is 5.09. The molecule has 0 saturated heterocycles. The Morgan fingerprint density at radius 3 is 2.57 bits per heavy atom. The summed E-state index contributed by atoms with van der Waals surface area (Å²) in [6.07, 6.45) is 0.954. The van der Waals surface area contributed by atoms with Crippen molar-refractivity contribution in [3.8, 4) is 5.75 Å². The van der Waals surface area contributed by atoms with Gasteiger partial charge >= 0.3 is 5.69 Å². The molecule has 1 atom stereocenters. The fourth-order valence-electron chi connectivity index (χ4n) is 2.78. The Morgan fingerprint density at radius 2 is 2.10 bits per heavy atom. The number of nitro benzene ring substituents is 1. The maximum Gasteiger partial charge on any atom is 0.312 e. The molecule has 1 unspecified atom stereocenters. The molecule has 2 rings (SSSR count). The van der Waals surface area contributed by atoms with E-state index in [1.807, 2.05) is 13.8 Å². The monoisotopic (exact) mass is 359 g/mol. The molecule has 1 aliphatic rings. The summed E-state index contributed by atoms with van der Waals surface area (Å²) < 4.78 is 19.2. The lowest BCUT2D eigenvalue weighted by Crippen LogP contribution is -2.56. The van der Waals surface area contributed by atoms with E-state index in [2.05, 4.69) is 15.9 Å². The molecule has 1 aromatic rings. The van der Waals surface area contributed by atoms with Crippen LogP contribution in [0.2, 0.25) is 0 Å². The number of hydrogen-bond donors (Lipinski definition) is 0. The SMILES string of the molecule is CCC1(CC)C(=O)CC1Oc1cc(F)c(Br)cc1[N+](=O)[O-]. The van der Waals surface area contributed by atoms with E-state index in [9.17, 15) is 19.3 Å². The average molecular weight is 360 g/mol. The molecule has 1 aliphatic carbocycles. The fraction of sp³-hybridized carbons (Fsp3) is 0.500. The number of benzene rings is 1. The van der Waals surface area contributed by atoms with Crippen molar-refractivity contribution in [1.82, 2.24) is 0 Å². The number of ether oxygens (including phenoxy) is 1. The first-order valence-electron chi connectivity index (χ1n) is 6.69. The van der Waals surface area contributed by atoms with E-state index >= 15 is 0 Å². The average Bonchev–Trinajstić information content (AvgIpc) is 2.43. The topological polar surface area (TPSA) is 69.4 Å². The Hall–Kier alpha value is -1.50. The maximum absolute atomic E-state index is 13.6. The van der Waals surface area contributed by atoms with Crippen LogP contribution in [-0.2, 0) is 4.79 Å². The molecule has 0 spiro atoms. The molecule has 0 heterocycles. The van der Waals surface area contributed by atoms with Gasteiger partial charge in [-0.2, -0.15) is 0 Å². The van der Waals surface area contributed by atoms with Gasteiger partial charge in [-0.1, -0.05) is 13.8 Å². The Morgan fingerprint density at radius 1 is 1.48 bits per heavy atom. The third-order valence-electron chi connectivity index (χ3n) is 4.27. The molecule has 0 N–H and O–H groups in total. The van der Waals surface area contributed by atoms with Gasteiger partial charge in [0, 0.05) is 18.6 Å². The highest BCUT2D eigenvalue weighted by atomic mass is 79.9. The highest BCUT2D eigenvalue weighted by Gasteiger charge is 2.54. The number of rotatable bonds is 5. The Labute approximate surface area is 129 Å². The third kappa shape index (κ3) is 2.54. The van der Waals surface area contributed by atoms with Gasteiger partial charge in [0.1, 0.15) is 17.7 Å². The van der Waals surface area contributed by atoms with Crippen molar-refractivity contribution in [3.05, 3.63) is 32.5 Å². The number of ketones is 1. The van der Waals surface area contributed by atoms with Crippen LogP contribution in [-0.4, -0.2) is 16.8 Å². The summed E-state index contributed by atoms with van der Waals surface area (Å²) in [5.74, 6) is -0.679. The highest BCUT2D eigenvalue weighted by Crippen LogP contribution is 2.47. The number of nitro groups is 1. The predicted molar refractivity (Wildman–Crippen MR) is 77.8 cm³/mol. The minimum absolute atomic E-state index is 0.00322. The van der Waals surface area contributed by atoms with E-state index in [4.69, 9.17) is 4.74 Å². The summed E-state index contributed by atoms with van der Waals surface area (Å²) in [6, 6.07) is 2.06. The van der Waals surface area contributed by atoms with Crippen LogP contribution in [0, 0.1) is 21.3 Å². The molecule has 114 valence electrons. The Balaban J connectivity index is 2.34. The van der Waals surface area contributed by atoms with Crippen LogP contribution in [0.1, 0.15) is 33.1 Å². The molecule has 21 heavy (non-hydrogen) atoms. The van der Waals surface area contributed by atoms with E-state index in [1.165, 1.54) is 0 Å². The van der Waals surface area contributed by atoms with E-state index in [0.29, 0.717) is 12.8 Å². The van der Waals surface area contributed by atoms with E-state index in [1.54, 1.807) is 0 Å². The molecule has 7 heteroatoms. The highest BCUT2D eigenvalue weighted by molar-refractivity contribution is 9.10. The largest absolute Gasteiger partial charge is 0.482 e. The number of Topliss-reactive ketones (excluding diaryl/α,β-unsaturated/α-hetero) is 1. The van der Waals surface area contributed by atoms with Crippen molar-refractivity contribution in [1.29, 1.82) is 0 Å². The van der Waals surface area contributed by atoms with Gasteiger partial charge in [0.05, 0.1) is 14.8 Å². The zero-order valence-electron chi connectivity index (χ0n) is 11.7. The normalized spacial score (nSPS) is 20.0. The first-order chi connectivity index (χ1) is 9.85. The van der Waals surface area contributed by atoms with Gasteiger partial charge in [-0.25, -0.2) is 4.39 Å². The smallest absolute Gasteiger partial charge is 0.312 e. The summed E-state index contributed by atoms with van der Waals surface area (Å²) in [6.45, 7) is 3.76. The molecular weight excluding hydrogens is 345 g/mol. The number of carbonyl (C=O) groups excluding carboxylic acids is 1. The fourth-order valence-corrected chi connectivity index (χ4v) is 3.11. The summed E-state index contributed by atoms with van der Waals surface area (Å²) in [4.78, 5) is 22.3. The molecule has 1 aromatic carbocycles. The predicted octanol–water partition coefficient (Wildman–Crippen LogP) is 4.02. The van der Waals surface area contributed by atoms with Crippen molar-refractivity contribution in [2.75, 3.05) is 0 Å². The number of nitrogens with zero attached hydrogens (tertiary/aromatic N) is 1. The third-order valence-corrected chi connectivity index (χ3v) is 4.88. The molecule has 0 aromatic heterocycles. The van der Waals surface area contributed by atoms with Gasteiger partial charge in [-0.3, -0.25) is 14.9 Å². The second kappa shape index (κ2) is 5.71. The second-order valence-corrected chi connectivity index (χ2v) is 5.94. The molecule has 0 amide bonds. The number of hydrogen-bond acceptors (Lipinski definition) is 4. The summed E-state index contributed by atoms with van der Waals surface area (Å²) in [5, 5.41) is 11.1. The summed E-state index contributed by atoms with van der Waals surface area (Å²) >= 11 is 2.92. The van der Waals surface area contributed by atoms with E-state index in [-0.39, 0.29) is 28.1 Å². The van der Waals surface area contributed by atoms with Crippen molar-refractivity contribution in [2.24, 2.45) is 5.41 Å². The Bertz CT molecular complexity index is 601. The standard InChI is InChI=1S/C14H15BrFNO4/c1-3-14(4-2)12(18)7-13(14)21-11-6-9(16)8(15)5-10(11)17(19)20/h5-6,13H,3-4,7H2,1-2H3. The molecule has 5 nitrogen and oxygen atoms in total. The van der Waals surface area contributed by atoms with E-state index < -0.39 is 22.3 Å². The van der Waals surface area contributed by atoms with Crippen LogP contribution in [0.25, 0.3) is 0 Å². The number of carbonyl (C=O) groups is 1. The van der Waals surface area contributed by atoms with Gasteiger partial charge in [0.15, 0.2) is 5.75 Å². The van der Waals surface area contributed by atoms with Crippen LogP contribution in [0.5, 0.6) is 5.75 Å². The molecule has 0 aliphatic heterocycles. The van der Waals surface area contributed by atoms with Crippen molar-refractivity contribution in [3.63, 3.8) is 0 Å². The lowest BCUT2D eigenvalue weighted by atomic mass is 9.61.